The number of amidine groups is 1. The average molecular weight is 484 g/mol. The molecule has 0 radical (unpaired) electrons. The maximum atomic E-state index is 10.6. The lowest BCUT2D eigenvalue weighted by molar-refractivity contribution is 0.0696. The van der Waals surface area contributed by atoms with E-state index >= 15 is 0 Å². The van der Waals surface area contributed by atoms with E-state index < -0.39 is 5.97 Å². The molecular weight excluding hydrogens is 469 g/mol. The highest BCUT2D eigenvalue weighted by Gasteiger charge is 2.13. The van der Waals surface area contributed by atoms with Crippen molar-refractivity contribution in [3.05, 3.63) is 67.7 Å². The lowest BCUT2D eigenvalue weighted by atomic mass is 10.1. The molecule has 0 saturated carbocycles. The molecule has 2 aromatic rings. The van der Waals surface area contributed by atoms with Gasteiger partial charge in [-0.2, -0.15) is 0 Å². The van der Waals surface area contributed by atoms with Gasteiger partial charge in [0, 0.05) is 14.4 Å². The molecule has 0 aliphatic carbocycles. The minimum Gasteiger partial charge on any atom is -0.478 e. The maximum Gasteiger partial charge on any atom is 0.335 e. The minimum atomic E-state index is -0.976. The first-order valence-electron chi connectivity index (χ1n) is 7.38. The van der Waals surface area contributed by atoms with Gasteiger partial charge >= 0.3 is 5.97 Å². The predicted molar refractivity (Wildman–Crippen MR) is 111 cm³/mol. The first kappa shape index (κ1) is 20.1. The van der Waals surface area contributed by atoms with E-state index in [-0.39, 0.29) is 23.8 Å². The predicted octanol–water partition coefficient (Wildman–Crippen LogP) is 2.87. The molecule has 3 N–H and O–H groups in total. The van der Waals surface area contributed by atoms with Crippen LogP contribution < -0.4 is 15.6 Å². The Kier molecular flexibility index (Phi) is 6.52. The Labute approximate surface area is 169 Å². The highest BCUT2D eigenvalue weighted by molar-refractivity contribution is 14.1. The van der Waals surface area contributed by atoms with E-state index in [0.29, 0.717) is 11.9 Å². The van der Waals surface area contributed by atoms with Crippen LogP contribution in [0.4, 0.5) is 5.69 Å². The number of carboxylic acids is 1. The van der Waals surface area contributed by atoms with Gasteiger partial charge in [-0.05, 0) is 52.9 Å². The summed E-state index contributed by atoms with van der Waals surface area (Å²) in [4.78, 5) is 14.4. The minimum absolute atomic E-state index is 0. The largest absolute Gasteiger partial charge is 0.478 e. The number of carboxylic acid groups (broad SMARTS) is 1. The maximum absolute atomic E-state index is 10.6. The molecule has 2 aliphatic rings. The Morgan fingerprint density at radius 1 is 1.19 bits per heavy atom. The van der Waals surface area contributed by atoms with Crippen LogP contribution in [-0.2, 0) is 0 Å². The van der Waals surface area contributed by atoms with Crippen LogP contribution in [0.1, 0.15) is 15.9 Å². The lowest BCUT2D eigenvalue weighted by Gasteiger charge is -2.22. The molecule has 0 bridgehead atoms. The molecule has 134 valence electrons. The van der Waals surface area contributed by atoms with Gasteiger partial charge in [0.15, 0.2) is 0 Å². The number of carbonyl (C=O) groups is 1. The molecule has 0 atom stereocenters. The molecule has 0 unspecified atom stereocenters. The standard InChI is InChI=1S/C9H8INO.C9H6N2O2.ClH/c10-8-5-7-3-1-2-4-9(7)11(12)6-8;10-8-4-5-1-2-6(9(12)13)3-7(5)11-8;/h1-5,12H,6H2;1-4,10H,(H,12,13);1H. The molecule has 0 spiro atoms. The zero-order valence-electron chi connectivity index (χ0n) is 13.4. The normalized spacial score (nSPS) is 13.7. The topological polar surface area (TPSA) is 97.0 Å². The Morgan fingerprint density at radius 3 is 2.65 bits per heavy atom. The Balaban J connectivity index is 0.000000180. The number of benzene rings is 2. The quantitative estimate of drug-likeness (QED) is 0.544. The SMILES string of the molecule is Cl.N=C1C=c2ccc(C(=O)O)cc2=N1.ON1CC(I)=Cc2ccccc21. The molecule has 0 amide bonds. The van der Waals surface area contributed by atoms with Gasteiger partial charge in [-0.25, -0.2) is 9.79 Å². The number of nitrogens with zero attached hydrogens (tertiary/aromatic N) is 2. The fraction of sp³-hybridized carbons (Fsp3) is 0.0556. The van der Waals surface area contributed by atoms with Crippen LogP contribution >= 0.6 is 35.0 Å². The van der Waals surface area contributed by atoms with Crippen molar-refractivity contribution in [2.24, 2.45) is 4.99 Å². The van der Waals surface area contributed by atoms with Crippen LogP contribution in [0.2, 0.25) is 0 Å². The van der Waals surface area contributed by atoms with E-state index in [4.69, 9.17) is 10.5 Å². The molecule has 26 heavy (non-hydrogen) atoms. The Hall–Kier alpha value is -2.23. The van der Waals surface area contributed by atoms with E-state index in [9.17, 15) is 10.0 Å². The Bertz CT molecular complexity index is 1020. The summed E-state index contributed by atoms with van der Waals surface area (Å²) < 4.78 is 1.15. The van der Waals surface area contributed by atoms with Crippen LogP contribution in [0.25, 0.3) is 12.2 Å². The highest BCUT2D eigenvalue weighted by Crippen LogP contribution is 2.29. The van der Waals surface area contributed by atoms with Crippen LogP contribution in [0.15, 0.2) is 51.0 Å². The van der Waals surface area contributed by atoms with Crippen LogP contribution in [0.5, 0.6) is 0 Å². The van der Waals surface area contributed by atoms with Gasteiger partial charge in [-0.1, -0.05) is 24.3 Å². The van der Waals surface area contributed by atoms with E-state index in [1.807, 2.05) is 24.3 Å². The van der Waals surface area contributed by atoms with Crippen LogP contribution in [0.3, 0.4) is 0 Å². The molecule has 0 aromatic heterocycles. The van der Waals surface area contributed by atoms with Crippen molar-refractivity contribution in [1.29, 1.82) is 5.41 Å². The number of hydrogen-bond acceptors (Lipinski definition) is 4. The first-order chi connectivity index (χ1) is 11.9. The van der Waals surface area contributed by atoms with Gasteiger partial charge in [0.25, 0.3) is 0 Å². The monoisotopic (exact) mass is 483 g/mol. The third kappa shape index (κ3) is 4.48. The third-order valence-electron chi connectivity index (χ3n) is 3.64. The summed E-state index contributed by atoms with van der Waals surface area (Å²) in [6.45, 7) is 0.595. The molecule has 2 aliphatic heterocycles. The number of halogens is 2. The first-order valence-corrected chi connectivity index (χ1v) is 8.46. The van der Waals surface area contributed by atoms with E-state index in [0.717, 1.165) is 20.0 Å². The summed E-state index contributed by atoms with van der Waals surface area (Å²) in [6.07, 6.45) is 3.68. The van der Waals surface area contributed by atoms with Gasteiger partial charge in [-0.15, -0.1) is 12.4 Å². The van der Waals surface area contributed by atoms with Crippen molar-refractivity contribution in [3.63, 3.8) is 0 Å². The van der Waals surface area contributed by atoms with Gasteiger partial charge in [0.05, 0.1) is 23.2 Å². The molecule has 0 fully saturated rings. The van der Waals surface area contributed by atoms with Crippen molar-refractivity contribution in [2.45, 2.75) is 0 Å². The van der Waals surface area contributed by atoms with Crippen molar-refractivity contribution in [3.8, 4) is 0 Å². The fourth-order valence-corrected chi connectivity index (χ4v) is 3.15. The van der Waals surface area contributed by atoms with Gasteiger partial charge < -0.3 is 5.11 Å². The third-order valence-corrected chi connectivity index (χ3v) is 4.29. The smallest absolute Gasteiger partial charge is 0.335 e. The van der Waals surface area contributed by atoms with Gasteiger partial charge in [0.2, 0.25) is 0 Å². The Morgan fingerprint density at radius 2 is 1.92 bits per heavy atom. The molecule has 2 heterocycles. The van der Waals surface area contributed by atoms with Crippen molar-refractivity contribution < 1.29 is 15.1 Å². The second-order valence-corrected chi connectivity index (χ2v) is 6.81. The second kappa shape index (κ2) is 8.43. The van der Waals surface area contributed by atoms with Crippen molar-refractivity contribution in [2.75, 3.05) is 11.6 Å². The van der Waals surface area contributed by atoms with E-state index in [2.05, 4.69) is 33.7 Å². The number of rotatable bonds is 1. The number of para-hydroxylation sites is 1. The molecule has 6 nitrogen and oxygen atoms in total. The fourth-order valence-electron chi connectivity index (χ4n) is 2.49. The molecule has 8 heteroatoms. The van der Waals surface area contributed by atoms with E-state index in [1.54, 1.807) is 12.1 Å². The molecular formula is C18H15ClIN3O3. The molecule has 2 aromatic carbocycles. The zero-order chi connectivity index (χ0) is 18.0. The van der Waals surface area contributed by atoms with Crippen LogP contribution in [-0.4, -0.2) is 28.7 Å². The zero-order valence-corrected chi connectivity index (χ0v) is 16.4. The summed E-state index contributed by atoms with van der Waals surface area (Å²) in [5.41, 5.74) is 2.17. The highest BCUT2D eigenvalue weighted by atomic mass is 127. The summed E-state index contributed by atoms with van der Waals surface area (Å²) in [6, 6.07) is 12.4. The van der Waals surface area contributed by atoms with E-state index in [1.165, 1.54) is 17.2 Å². The number of fused-ring (bicyclic) bond motifs is 2. The number of hydroxylamine groups is 1. The summed E-state index contributed by atoms with van der Waals surface area (Å²) in [5, 5.41) is 28.1. The van der Waals surface area contributed by atoms with Crippen LogP contribution in [0, 0.1) is 5.41 Å². The number of nitrogens with one attached hydrogen (secondary N) is 1. The average Bonchev–Trinajstić information content (AvgIpc) is 2.94. The number of aromatic carboxylic acids is 1. The van der Waals surface area contributed by atoms with Crippen molar-refractivity contribution >= 4 is 64.6 Å². The molecule has 0 saturated heterocycles. The summed E-state index contributed by atoms with van der Waals surface area (Å²) >= 11 is 2.23. The van der Waals surface area contributed by atoms with Crippen molar-refractivity contribution in [1.82, 2.24) is 0 Å². The van der Waals surface area contributed by atoms with Gasteiger partial charge in [-0.3, -0.25) is 15.7 Å². The number of anilines is 1. The number of hydrogen-bond donors (Lipinski definition) is 3. The lowest BCUT2D eigenvalue weighted by Crippen LogP contribution is -2.22. The second-order valence-electron chi connectivity index (χ2n) is 5.43. The summed E-state index contributed by atoms with van der Waals surface area (Å²) in [7, 11) is 0. The summed E-state index contributed by atoms with van der Waals surface area (Å²) in [5.74, 6) is -0.811. The molecule has 4 rings (SSSR count). The van der Waals surface area contributed by atoms with Gasteiger partial charge in [0.1, 0.15) is 5.84 Å².